The number of nitrogens with one attached hydrogen (secondary N) is 2. The number of aromatic amines is 1. The van der Waals surface area contributed by atoms with E-state index in [9.17, 15) is 12.8 Å². The second-order valence-electron chi connectivity index (χ2n) is 4.99. The molecule has 2 aromatic rings. The molecule has 1 aromatic carbocycles. The smallest absolute Gasteiger partial charge is 0.243 e. The van der Waals surface area contributed by atoms with Crippen molar-refractivity contribution >= 4 is 10.0 Å². The van der Waals surface area contributed by atoms with Crippen LogP contribution in [0, 0.1) is 11.7 Å². The van der Waals surface area contributed by atoms with Gasteiger partial charge in [0, 0.05) is 19.1 Å². The molecule has 22 heavy (non-hydrogen) atoms. The van der Waals surface area contributed by atoms with Crippen molar-refractivity contribution in [3.8, 4) is 0 Å². The van der Waals surface area contributed by atoms with Crippen molar-refractivity contribution in [1.82, 2.24) is 19.9 Å². The number of H-pyrrole nitrogens is 1. The SMILES string of the molecule is O=S(=O)(NC[C@@H]1CCO[C@@H]1c1ncn[nH]1)c1ccccc1F. The van der Waals surface area contributed by atoms with Crippen LogP contribution in [-0.2, 0) is 14.8 Å². The number of nitrogens with zero attached hydrogens (tertiary/aromatic N) is 2. The Hall–Kier alpha value is -1.84. The normalized spacial score (nSPS) is 22.0. The van der Waals surface area contributed by atoms with Crippen LogP contribution in [0.3, 0.4) is 0 Å². The first-order valence-corrected chi connectivity index (χ1v) is 8.27. The Bertz CT molecular complexity index is 736. The fraction of sp³-hybridized carbons (Fsp3) is 0.385. The van der Waals surface area contributed by atoms with Crippen molar-refractivity contribution in [1.29, 1.82) is 0 Å². The predicted molar refractivity (Wildman–Crippen MR) is 74.8 cm³/mol. The van der Waals surface area contributed by atoms with Gasteiger partial charge in [0.25, 0.3) is 0 Å². The summed E-state index contributed by atoms with van der Waals surface area (Å²) in [5, 5.41) is 6.49. The molecular formula is C13H15FN4O3S. The van der Waals surface area contributed by atoms with E-state index in [1.165, 1.54) is 24.5 Å². The molecule has 2 N–H and O–H groups in total. The zero-order valence-corrected chi connectivity index (χ0v) is 12.4. The summed E-state index contributed by atoms with van der Waals surface area (Å²) in [6.45, 7) is 0.652. The minimum Gasteiger partial charge on any atom is -0.370 e. The maximum absolute atomic E-state index is 13.6. The Morgan fingerprint density at radius 1 is 1.41 bits per heavy atom. The molecule has 0 unspecified atom stereocenters. The highest BCUT2D eigenvalue weighted by Crippen LogP contribution is 2.32. The van der Waals surface area contributed by atoms with Crippen molar-refractivity contribution in [3.63, 3.8) is 0 Å². The summed E-state index contributed by atoms with van der Waals surface area (Å²) in [4.78, 5) is 3.68. The fourth-order valence-corrected chi connectivity index (χ4v) is 3.63. The molecule has 118 valence electrons. The first-order chi connectivity index (χ1) is 10.6. The zero-order chi connectivity index (χ0) is 15.6. The molecule has 3 rings (SSSR count). The maximum atomic E-state index is 13.6. The molecule has 1 aliphatic heterocycles. The number of sulfonamides is 1. The Labute approximate surface area is 127 Å². The van der Waals surface area contributed by atoms with Crippen LogP contribution in [0.25, 0.3) is 0 Å². The summed E-state index contributed by atoms with van der Waals surface area (Å²) in [5.74, 6) is -0.299. The molecule has 0 amide bonds. The average Bonchev–Trinajstić information content (AvgIpc) is 3.16. The van der Waals surface area contributed by atoms with Crippen molar-refractivity contribution in [2.24, 2.45) is 5.92 Å². The van der Waals surface area contributed by atoms with Crippen LogP contribution in [0.15, 0.2) is 35.5 Å². The third-order valence-corrected chi connectivity index (χ3v) is 5.04. The number of halogens is 1. The van der Waals surface area contributed by atoms with Crippen molar-refractivity contribution in [2.75, 3.05) is 13.2 Å². The molecule has 1 fully saturated rings. The molecule has 0 spiro atoms. The molecule has 0 radical (unpaired) electrons. The topological polar surface area (TPSA) is 97.0 Å². The lowest BCUT2D eigenvalue weighted by molar-refractivity contribution is 0.0848. The fourth-order valence-electron chi connectivity index (χ4n) is 2.45. The van der Waals surface area contributed by atoms with Gasteiger partial charge in [-0.2, -0.15) is 5.10 Å². The van der Waals surface area contributed by atoms with Crippen LogP contribution < -0.4 is 4.72 Å². The first-order valence-electron chi connectivity index (χ1n) is 6.79. The third kappa shape index (κ3) is 3.01. The van der Waals surface area contributed by atoms with Crippen molar-refractivity contribution < 1.29 is 17.5 Å². The molecule has 9 heteroatoms. The lowest BCUT2D eigenvalue weighted by Gasteiger charge is -2.17. The predicted octanol–water partition coefficient (Wildman–Crippen LogP) is 1.000. The van der Waals surface area contributed by atoms with Gasteiger partial charge in [-0.15, -0.1) is 0 Å². The van der Waals surface area contributed by atoms with E-state index in [2.05, 4.69) is 19.9 Å². The number of benzene rings is 1. The van der Waals surface area contributed by atoms with E-state index in [1.54, 1.807) is 0 Å². The van der Waals surface area contributed by atoms with Gasteiger partial charge < -0.3 is 4.74 Å². The van der Waals surface area contributed by atoms with Gasteiger partial charge in [0.05, 0.1) is 0 Å². The second-order valence-corrected chi connectivity index (χ2v) is 6.73. The highest BCUT2D eigenvalue weighted by molar-refractivity contribution is 7.89. The Balaban J connectivity index is 1.70. The maximum Gasteiger partial charge on any atom is 0.243 e. The summed E-state index contributed by atoms with van der Waals surface area (Å²) < 4.78 is 46.0. The quantitative estimate of drug-likeness (QED) is 0.854. The van der Waals surface area contributed by atoms with Gasteiger partial charge in [0.2, 0.25) is 10.0 Å². The minimum absolute atomic E-state index is 0.0884. The Morgan fingerprint density at radius 3 is 2.95 bits per heavy atom. The van der Waals surface area contributed by atoms with Crippen molar-refractivity contribution in [3.05, 3.63) is 42.2 Å². The van der Waals surface area contributed by atoms with Gasteiger partial charge in [-0.1, -0.05) is 12.1 Å². The highest BCUT2D eigenvalue weighted by Gasteiger charge is 2.33. The van der Waals surface area contributed by atoms with Gasteiger partial charge in [-0.25, -0.2) is 22.5 Å². The minimum atomic E-state index is -3.90. The molecular weight excluding hydrogens is 311 g/mol. The number of hydrogen-bond donors (Lipinski definition) is 2. The molecule has 1 saturated heterocycles. The van der Waals surface area contributed by atoms with Gasteiger partial charge in [0.15, 0.2) is 5.82 Å². The van der Waals surface area contributed by atoms with Gasteiger partial charge in [-0.05, 0) is 18.6 Å². The van der Waals surface area contributed by atoms with Gasteiger partial charge >= 0.3 is 0 Å². The van der Waals surface area contributed by atoms with E-state index in [1.807, 2.05) is 0 Å². The van der Waals surface area contributed by atoms with Gasteiger partial charge in [0.1, 0.15) is 23.1 Å². The summed E-state index contributed by atoms with van der Waals surface area (Å²) in [7, 11) is -3.90. The van der Waals surface area contributed by atoms with Crippen LogP contribution in [-0.4, -0.2) is 36.8 Å². The number of aromatic nitrogens is 3. The molecule has 1 aliphatic rings. The van der Waals surface area contributed by atoms with E-state index in [-0.39, 0.29) is 23.5 Å². The molecule has 1 aromatic heterocycles. The molecule has 0 bridgehead atoms. The van der Waals surface area contributed by atoms with E-state index >= 15 is 0 Å². The zero-order valence-electron chi connectivity index (χ0n) is 11.6. The van der Waals surface area contributed by atoms with E-state index in [0.29, 0.717) is 18.9 Å². The molecule has 2 atom stereocenters. The van der Waals surface area contributed by atoms with Crippen LogP contribution >= 0.6 is 0 Å². The highest BCUT2D eigenvalue weighted by atomic mass is 32.2. The molecule has 7 nitrogen and oxygen atoms in total. The summed E-state index contributed by atoms with van der Waals surface area (Å²) in [5.41, 5.74) is 0. The number of rotatable bonds is 5. The van der Waals surface area contributed by atoms with Crippen LogP contribution in [0.5, 0.6) is 0 Å². The monoisotopic (exact) mass is 326 g/mol. The van der Waals surface area contributed by atoms with Crippen LogP contribution in [0.1, 0.15) is 18.3 Å². The summed E-state index contributed by atoms with van der Waals surface area (Å²) >= 11 is 0. The standard InChI is InChI=1S/C13H15FN4O3S/c14-10-3-1-2-4-11(10)22(19,20)17-7-9-5-6-21-12(9)13-15-8-16-18-13/h1-4,8-9,12,17H,5-7H2,(H,15,16,18)/t9-,12-/m0/s1. The lowest BCUT2D eigenvalue weighted by atomic mass is 10.0. The van der Waals surface area contributed by atoms with E-state index in [4.69, 9.17) is 4.74 Å². The Morgan fingerprint density at radius 2 is 2.23 bits per heavy atom. The van der Waals surface area contributed by atoms with E-state index < -0.39 is 15.8 Å². The summed E-state index contributed by atoms with van der Waals surface area (Å²) in [6.07, 6.45) is 1.72. The van der Waals surface area contributed by atoms with Crippen LogP contribution in [0.2, 0.25) is 0 Å². The molecule has 2 heterocycles. The number of hydrogen-bond acceptors (Lipinski definition) is 5. The third-order valence-electron chi connectivity index (χ3n) is 3.58. The average molecular weight is 326 g/mol. The van der Waals surface area contributed by atoms with Crippen LogP contribution in [0.4, 0.5) is 4.39 Å². The first kappa shape index (κ1) is 15.1. The number of ether oxygens (including phenoxy) is 1. The lowest BCUT2D eigenvalue weighted by Crippen LogP contribution is -2.31. The summed E-state index contributed by atoms with van der Waals surface area (Å²) in [6, 6.07) is 5.27. The van der Waals surface area contributed by atoms with Crippen molar-refractivity contribution in [2.45, 2.75) is 17.4 Å². The second kappa shape index (κ2) is 6.11. The Kier molecular flexibility index (Phi) is 4.19. The largest absolute Gasteiger partial charge is 0.370 e. The molecule has 0 aliphatic carbocycles. The van der Waals surface area contributed by atoms with Gasteiger partial charge in [-0.3, -0.25) is 5.10 Å². The van der Waals surface area contributed by atoms with E-state index in [0.717, 1.165) is 6.07 Å². The molecule has 0 saturated carbocycles.